The van der Waals surface area contributed by atoms with Crippen LogP contribution >= 0.6 is 23.2 Å². The van der Waals surface area contributed by atoms with Crippen LogP contribution in [0, 0.1) is 6.92 Å². The van der Waals surface area contributed by atoms with Crippen molar-refractivity contribution in [1.29, 1.82) is 0 Å². The van der Waals surface area contributed by atoms with Crippen molar-refractivity contribution in [3.63, 3.8) is 0 Å². The highest BCUT2D eigenvalue weighted by Crippen LogP contribution is 2.26. The molecule has 19 heavy (non-hydrogen) atoms. The maximum atomic E-state index is 12.1. The van der Waals surface area contributed by atoms with Gasteiger partial charge in [0.05, 0.1) is 21.3 Å². The smallest absolute Gasteiger partial charge is 0.257 e. The zero-order chi connectivity index (χ0) is 14.0. The molecule has 1 aromatic heterocycles. The second-order valence-corrected chi connectivity index (χ2v) is 4.79. The zero-order valence-corrected chi connectivity index (χ0v) is 11.6. The van der Waals surface area contributed by atoms with Crippen molar-refractivity contribution in [2.45, 2.75) is 6.92 Å². The molecule has 0 saturated heterocycles. The Kier molecular flexibility index (Phi) is 3.93. The number of benzene rings is 1. The van der Waals surface area contributed by atoms with Crippen molar-refractivity contribution in [3.05, 3.63) is 51.6 Å². The number of nitrogens with zero attached hydrogens (tertiary/aromatic N) is 1. The van der Waals surface area contributed by atoms with Gasteiger partial charge in [0, 0.05) is 6.20 Å². The summed E-state index contributed by atoms with van der Waals surface area (Å²) in [6.07, 6.45) is 1.36. The summed E-state index contributed by atoms with van der Waals surface area (Å²) in [6.45, 7) is 1.86. The maximum absolute atomic E-state index is 12.1. The Balaban J connectivity index is 2.28. The van der Waals surface area contributed by atoms with Gasteiger partial charge in [-0.25, -0.2) is 4.98 Å². The molecule has 2 rings (SSSR count). The quantitative estimate of drug-likeness (QED) is 0.890. The molecule has 3 N–H and O–H groups in total. The Labute approximate surface area is 120 Å². The molecule has 1 heterocycles. The van der Waals surface area contributed by atoms with E-state index in [0.29, 0.717) is 16.3 Å². The lowest BCUT2D eigenvalue weighted by atomic mass is 10.2. The molecular formula is C13H11Cl2N3O. The molecule has 1 amide bonds. The highest BCUT2D eigenvalue weighted by atomic mass is 35.5. The summed E-state index contributed by atoms with van der Waals surface area (Å²) < 4.78 is 0. The average molecular weight is 296 g/mol. The molecule has 98 valence electrons. The molecule has 0 saturated carbocycles. The Morgan fingerprint density at radius 3 is 2.68 bits per heavy atom. The van der Waals surface area contributed by atoms with Crippen LogP contribution < -0.4 is 11.1 Å². The summed E-state index contributed by atoms with van der Waals surface area (Å²) >= 11 is 11.9. The lowest BCUT2D eigenvalue weighted by molar-refractivity contribution is 0.102. The van der Waals surface area contributed by atoms with Crippen LogP contribution in [0.3, 0.4) is 0 Å². The third-order valence-electron chi connectivity index (χ3n) is 2.59. The molecule has 0 spiro atoms. The Bertz CT molecular complexity index is 624. The highest BCUT2D eigenvalue weighted by molar-refractivity contribution is 6.34. The van der Waals surface area contributed by atoms with E-state index in [1.165, 1.54) is 12.3 Å². The van der Waals surface area contributed by atoms with E-state index < -0.39 is 0 Å². The Morgan fingerprint density at radius 2 is 2.05 bits per heavy atom. The van der Waals surface area contributed by atoms with Gasteiger partial charge in [-0.3, -0.25) is 4.79 Å². The number of hydrogen-bond donors (Lipinski definition) is 2. The number of pyridine rings is 1. The van der Waals surface area contributed by atoms with Gasteiger partial charge in [0.1, 0.15) is 5.82 Å². The van der Waals surface area contributed by atoms with E-state index in [-0.39, 0.29) is 16.7 Å². The van der Waals surface area contributed by atoms with Gasteiger partial charge in [-0.15, -0.1) is 0 Å². The number of anilines is 2. The predicted octanol–water partition coefficient (Wildman–Crippen LogP) is 3.53. The van der Waals surface area contributed by atoms with Crippen LogP contribution in [0.4, 0.5) is 11.5 Å². The lowest BCUT2D eigenvalue weighted by Crippen LogP contribution is -2.13. The minimum Gasteiger partial charge on any atom is -0.382 e. The van der Waals surface area contributed by atoms with Crippen molar-refractivity contribution in [3.8, 4) is 0 Å². The molecule has 0 aliphatic rings. The minimum atomic E-state index is -0.342. The van der Waals surface area contributed by atoms with Crippen LogP contribution in [-0.2, 0) is 0 Å². The SMILES string of the molecule is Cc1cccc(Cl)c1NC(=O)c1cnc(N)c(Cl)c1. The highest BCUT2D eigenvalue weighted by Gasteiger charge is 2.12. The number of nitrogen functional groups attached to an aromatic ring is 1. The molecule has 0 unspecified atom stereocenters. The third-order valence-corrected chi connectivity index (χ3v) is 3.21. The van der Waals surface area contributed by atoms with E-state index in [1.807, 2.05) is 19.1 Å². The van der Waals surface area contributed by atoms with Crippen LogP contribution in [-0.4, -0.2) is 10.9 Å². The standard InChI is InChI=1S/C13H11Cl2N3O/c1-7-3-2-4-9(14)11(7)18-13(19)8-5-10(15)12(16)17-6-8/h2-6H,1H3,(H2,16,17)(H,18,19). The molecule has 0 fully saturated rings. The summed E-state index contributed by atoms with van der Waals surface area (Å²) in [5.41, 5.74) is 7.25. The van der Waals surface area contributed by atoms with E-state index >= 15 is 0 Å². The van der Waals surface area contributed by atoms with E-state index in [4.69, 9.17) is 28.9 Å². The normalized spacial score (nSPS) is 10.3. The first kappa shape index (κ1) is 13.6. The van der Waals surface area contributed by atoms with Crippen LogP contribution in [0.2, 0.25) is 10.0 Å². The van der Waals surface area contributed by atoms with E-state index in [2.05, 4.69) is 10.3 Å². The van der Waals surface area contributed by atoms with Crippen molar-refractivity contribution in [1.82, 2.24) is 4.98 Å². The summed E-state index contributed by atoms with van der Waals surface area (Å²) in [4.78, 5) is 15.9. The van der Waals surface area contributed by atoms with Crippen LogP contribution in [0.15, 0.2) is 30.5 Å². The number of carbonyl (C=O) groups is 1. The number of nitrogens with two attached hydrogens (primary N) is 1. The molecule has 4 nitrogen and oxygen atoms in total. The zero-order valence-electron chi connectivity index (χ0n) is 10.1. The molecule has 2 aromatic rings. The second-order valence-electron chi connectivity index (χ2n) is 3.98. The molecule has 0 bridgehead atoms. The molecule has 6 heteroatoms. The minimum absolute atomic E-state index is 0.187. The second kappa shape index (κ2) is 5.47. The fraction of sp³-hybridized carbons (Fsp3) is 0.0769. The summed E-state index contributed by atoms with van der Waals surface area (Å²) in [6, 6.07) is 6.84. The van der Waals surface area contributed by atoms with Gasteiger partial charge in [0.15, 0.2) is 0 Å². The number of amides is 1. The molecule has 0 radical (unpaired) electrons. The Hall–Kier alpha value is -1.78. The predicted molar refractivity (Wildman–Crippen MR) is 77.8 cm³/mol. The number of para-hydroxylation sites is 1. The first-order valence-corrected chi connectivity index (χ1v) is 6.22. The van der Waals surface area contributed by atoms with Gasteiger partial charge in [0.2, 0.25) is 0 Å². The van der Waals surface area contributed by atoms with Gasteiger partial charge in [-0.2, -0.15) is 0 Å². The van der Waals surface area contributed by atoms with Gasteiger partial charge in [0.25, 0.3) is 5.91 Å². The number of nitrogens with one attached hydrogen (secondary N) is 1. The fourth-order valence-corrected chi connectivity index (χ4v) is 1.98. The van der Waals surface area contributed by atoms with E-state index in [9.17, 15) is 4.79 Å². The Morgan fingerprint density at radius 1 is 1.32 bits per heavy atom. The number of aromatic nitrogens is 1. The van der Waals surface area contributed by atoms with Crippen molar-refractivity contribution in [2.24, 2.45) is 0 Å². The van der Waals surface area contributed by atoms with Gasteiger partial charge < -0.3 is 11.1 Å². The molecular weight excluding hydrogens is 285 g/mol. The number of carbonyl (C=O) groups excluding carboxylic acids is 1. The first-order valence-electron chi connectivity index (χ1n) is 5.46. The molecule has 0 aliphatic heterocycles. The van der Waals surface area contributed by atoms with Gasteiger partial charge >= 0.3 is 0 Å². The molecule has 0 atom stereocenters. The average Bonchev–Trinajstić information content (AvgIpc) is 2.37. The fourth-order valence-electron chi connectivity index (χ4n) is 1.55. The topological polar surface area (TPSA) is 68.0 Å². The van der Waals surface area contributed by atoms with Crippen LogP contribution in [0.5, 0.6) is 0 Å². The van der Waals surface area contributed by atoms with E-state index in [1.54, 1.807) is 6.07 Å². The van der Waals surface area contributed by atoms with E-state index in [0.717, 1.165) is 5.56 Å². The first-order chi connectivity index (χ1) is 8.99. The molecule has 0 aliphatic carbocycles. The van der Waals surface area contributed by atoms with Gasteiger partial charge in [-0.1, -0.05) is 35.3 Å². The van der Waals surface area contributed by atoms with Crippen molar-refractivity contribution >= 4 is 40.6 Å². The molecule has 1 aromatic carbocycles. The lowest BCUT2D eigenvalue weighted by Gasteiger charge is -2.10. The van der Waals surface area contributed by atoms with Crippen LogP contribution in [0.25, 0.3) is 0 Å². The summed E-state index contributed by atoms with van der Waals surface area (Å²) in [5.74, 6) is -0.155. The monoisotopic (exact) mass is 295 g/mol. The summed E-state index contributed by atoms with van der Waals surface area (Å²) in [7, 11) is 0. The largest absolute Gasteiger partial charge is 0.382 e. The third kappa shape index (κ3) is 2.97. The van der Waals surface area contributed by atoms with Crippen molar-refractivity contribution < 1.29 is 4.79 Å². The number of halogens is 2. The number of aryl methyl sites for hydroxylation is 1. The summed E-state index contributed by atoms with van der Waals surface area (Å²) in [5, 5.41) is 3.45. The van der Waals surface area contributed by atoms with Gasteiger partial charge in [-0.05, 0) is 24.6 Å². The number of hydrogen-bond acceptors (Lipinski definition) is 3. The number of rotatable bonds is 2. The van der Waals surface area contributed by atoms with Crippen LogP contribution in [0.1, 0.15) is 15.9 Å². The van der Waals surface area contributed by atoms with Crippen molar-refractivity contribution in [2.75, 3.05) is 11.1 Å². The maximum Gasteiger partial charge on any atom is 0.257 e.